The van der Waals surface area contributed by atoms with Gasteiger partial charge >= 0.3 is 0 Å². The van der Waals surface area contributed by atoms with Gasteiger partial charge in [-0.1, -0.05) is 29.8 Å². The van der Waals surface area contributed by atoms with Crippen molar-refractivity contribution >= 4 is 29.1 Å². The highest BCUT2D eigenvalue weighted by Gasteiger charge is 2.19. The van der Waals surface area contributed by atoms with Crippen molar-refractivity contribution in [2.45, 2.75) is 13.8 Å². The molecule has 0 atom stereocenters. The molecule has 0 spiro atoms. The number of para-hydroxylation sites is 1. The second-order valence-corrected chi connectivity index (χ2v) is 6.69. The first kappa shape index (κ1) is 20.1. The number of hydrogen-bond acceptors (Lipinski definition) is 4. The number of nitrogens with one attached hydrogen (secondary N) is 2. The fourth-order valence-corrected chi connectivity index (χ4v) is 3.22. The molecule has 1 heterocycles. The number of aromatic nitrogens is 1. The van der Waals surface area contributed by atoms with Gasteiger partial charge in [-0.2, -0.15) is 0 Å². The minimum Gasteiger partial charge on any atom is -0.318 e. The largest absolute Gasteiger partial charge is 0.318 e. The molecule has 0 aliphatic carbocycles. The fraction of sp³-hybridized carbons (Fsp3) is 0.100. The summed E-state index contributed by atoms with van der Waals surface area (Å²) in [6, 6.07) is 14.8. The molecule has 0 saturated carbocycles. The average molecular weight is 413 g/mol. The summed E-state index contributed by atoms with van der Waals surface area (Å²) in [6.45, 7) is 3.67. The molecular formula is C20H17ClN4O4. The average Bonchev–Trinajstić information content (AvgIpc) is 3.00. The lowest BCUT2D eigenvalue weighted by Gasteiger charge is -2.10. The van der Waals surface area contributed by atoms with Crippen LogP contribution in [-0.2, 0) is 0 Å². The molecule has 2 aromatic carbocycles. The predicted molar refractivity (Wildman–Crippen MR) is 108 cm³/mol. The number of nitrogens with zero attached hydrogens (tertiary/aromatic N) is 2. The topological polar surface area (TPSA) is 106 Å². The number of benzene rings is 2. The zero-order valence-electron chi connectivity index (χ0n) is 15.6. The molecule has 8 nitrogen and oxygen atoms in total. The Kier molecular flexibility index (Phi) is 5.65. The van der Waals surface area contributed by atoms with E-state index in [4.69, 9.17) is 11.6 Å². The monoisotopic (exact) mass is 412 g/mol. The van der Waals surface area contributed by atoms with Gasteiger partial charge in [0.2, 0.25) is 0 Å². The first-order valence-electron chi connectivity index (χ1n) is 8.58. The highest BCUT2D eigenvalue weighted by Crippen LogP contribution is 2.22. The first-order valence-corrected chi connectivity index (χ1v) is 8.96. The predicted octanol–water partition coefficient (Wildman–Crippen LogP) is 3.73. The van der Waals surface area contributed by atoms with Gasteiger partial charge < -0.3 is 4.57 Å². The van der Waals surface area contributed by atoms with E-state index in [1.54, 1.807) is 13.0 Å². The summed E-state index contributed by atoms with van der Waals surface area (Å²) in [5.74, 6) is -1.28. The van der Waals surface area contributed by atoms with Crippen LogP contribution in [0.3, 0.4) is 0 Å². The van der Waals surface area contributed by atoms with E-state index in [0.29, 0.717) is 11.3 Å². The van der Waals surface area contributed by atoms with E-state index in [0.717, 1.165) is 17.4 Å². The minimum absolute atomic E-state index is 0.0320. The Balaban J connectivity index is 1.78. The molecule has 9 heteroatoms. The maximum Gasteiger partial charge on any atom is 0.271 e. The Labute approximate surface area is 171 Å². The van der Waals surface area contributed by atoms with Gasteiger partial charge in [0.25, 0.3) is 17.5 Å². The van der Waals surface area contributed by atoms with Crippen LogP contribution in [0.4, 0.5) is 5.69 Å². The van der Waals surface area contributed by atoms with Crippen LogP contribution in [0.1, 0.15) is 32.1 Å². The standard InChI is InChI=1S/C20H17ClN4O4/c1-12-10-16(13(2)24(12)14-6-4-3-5-7-14)19(26)22-23-20(27)17-11-15(25(28)29)8-9-18(17)21/h3-11H,1-2H3,(H,22,26)(H,23,27). The lowest BCUT2D eigenvalue weighted by Crippen LogP contribution is -2.41. The van der Waals surface area contributed by atoms with Crippen molar-refractivity contribution in [3.8, 4) is 5.69 Å². The molecule has 1 aromatic heterocycles. The van der Waals surface area contributed by atoms with Crippen LogP contribution < -0.4 is 10.9 Å². The van der Waals surface area contributed by atoms with Crippen molar-refractivity contribution < 1.29 is 14.5 Å². The molecule has 3 rings (SSSR count). The van der Waals surface area contributed by atoms with Crippen LogP contribution >= 0.6 is 11.6 Å². The van der Waals surface area contributed by atoms with Crippen molar-refractivity contribution in [2.75, 3.05) is 0 Å². The van der Waals surface area contributed by atoms with Gasteiger partial charge in [-0.05, 0) is 38.1 Å². The first-order chi connectivity index (χ1) is 13.8. The summed E-state index contributed by atoms with van der Waals surface area (Å²) in [4.78, 5) is 35.1. The SMILES string of the molecule is Cc1cc(C(=O)NNC(=O)c2cc([N+](=O)[O-])ccc2Cl)c(C)n1-c1ccccc1. The van der Waals surface area contributed by atoms with E-state index in [-0.39, 0.29) is 16.3 Å². The summed E-state index contributed by atoms with van der Waals surface area (Å²) in [6.07, 6.45) is 0. The minimum atomic E-state index is -0.760. The zero-order valence-corrected chi connectivity index (χ0v) is 16.4. The van der Waals surface area contributed by atoms with Gasteiger partial charge in [0.1, 0.15) is 0 Å². The molecule has 2 N–H and O–H groups in total. The highest BCUT2D eigenvalue weighted by molar-refractivity contribution is 6.34. The molecule has 0 bridgehead atoms. The summed E-state index contributed by atoms with van der Waals surface area (Å²) in [7, 11) is 0. The van der Waals surface area contributed by atoms with Crippen LogP contribution in [0.15, 0.2) is 54.6 Å². The van der Waals surface area contributed by atoms with E-state index in [2.05, 4.69) is 10.9 Å². The number of halogens is 1. The third-order valence-electron chi connectivity index (χ3n) is 4.39. The lowest BCUT2D eigenvalue weighted by molar-refractivity contribution is -0.384. The molecule has 0 unspecified atom stereocenters. The summed E-state index contributed by atoms with van der Waals surface area (Å²) in [5.41, 5.74) is 7.03. The van der Waals surface area contributed by atoms with Crippen molar-refractivity contribution in [1.29, 1.82) is 0 Å². The number of hydrogen-bond donors (Lipinski definition) is 2. The van der Waals surface area contributed by atoms with Crippen molar-refractivity contribution in [3.05, 3.63) is 92.2 Å². The summed E-state index contributed by atoms with van der Waals surface area (Å²) >= 11 is 5.95. The van der Waals surface area contributed by atoms with E-state index < -0.39 is 16.7 Å². The molecule has 0 fully saturated rings. The van der Waals surface area contributed by atoms with Gasteiger partial charge in [0.15, 0.2) is 0 Å². The second kappa shape index (κ2) is 8.15. The number of rotatable bonds is 4. The van der Waals surface area contributed by atoms with Crippen molar-refractivity contribution in [1.82, 2.24) is 15.4 Å². The normalized spacial score (nSPS) is 10.4. The maximum atomic E-state index is 12.6. The molecule has 0 aliphatic rings. The second-order valence-electron chi connectivity index (χ2n) is 6.29. The third kappa shape index (κ3) is 4.12. The number of amides is 2. The maximum absolute atomic E-state index is 12.6. The van der Waals surface area contributed by atoms with Crippen LogP contribution in [0.25, 0.3) is 5.69 Å². The van der Waals surface area contributed by atoms with Gasteiger partial charge in [-0.25, -0.2) is 0 Å². The van der Waals surface area contributed by atoms with Crippen LogP contribution in [0.5, 0.6) is 0 Å². The Morgan fingerprint density at radius 3 is 2.21 bits per heavy atom. The van der Waals surface area contributed by atoms with Gasteiger partial charge in [-0.3, -0.25) is 30.6 Å². The molecule has 29 heavy (non-hydrogen) atoms. The number of non-ortho nitro benzene ring substituents is 1. The highest BCUT2D eigenvalue weighted by atomic mass is 35.5. The third-order valence-corrected chi connectivity index (χ3v) is 4.71. The Hall–Kier alpha value is -3.65. The molecule has 3 aromatic rings. The van der Waals surface area contributed by atoms with Crippen LogP contribution in [0, 0.1) is 24.0 Å². The van der Waals surface area contributed by atoms with Gasteiger partial charge in [0.05, 0.1) is 21.1 Å². The van der Waals surface area contributed by atoms with E-state index in [1.165, 1.54) is 12.1 Å². The quantitative estimate of drug-likeness (QED) is 0.503. The van der Waals surface area contributed by atoms with Crippen LogP contribution in [-0.4, -0.2) is 21.3 Å². The Morgan fingerprint density at radius 2 is 1.59 bits per heavy atom. The smallest absolute Gasteiger partial charge is 0.271 e. The van der Waals surface area contributed by atoms with E-state index in [1.807, 2.05) is 41.8 Å². The summed E-state index contributed by atoms with van der Waals surface area (Å²) in [5, 5.41) is 10.9. The Morgan fingerprint density at radius 1 is 0.966 bits per heavy atom. The van der Waals surface area contributed by atoms with Crippen molar-refractivity contribution in [2.24, 2.45) is 0 Å². The number of carbonyl (C=O) groups excluding carboxylic acids is 2. The molecule has 148 valence electrons. The number of aryl methyl sites for hydroxylation is 1. The van der Waals surface area contributed by atoms with Crippen molar-refractivity contribution in [3.63, 3.8) is 0 Å². The van der Waals surface area contributed by atoms with E-state index >= 15 is 0 Å². The number of nitro benzene ring substituents is 1. The molecule has 0 radical (unpaired) electrons. The van der Waals surface area contributed by atoms with Crippen LogP contribution in [0.2, 0.25) is 5.02 Å². The molecular weight excluding hydrogens is 396 g/mol. The number of nitro groups is 1. The molecule has 0 aliphatic heterocycles. The van der Waals surface area contributed by atoms with Gasteiger partial charge in [-0.15, -0.1) is 0 Å². The fourth-order valence-electron chi connectivity index (χ4n) is 3.02. The summed E-state index contributed by atoms with van der Waals surface area (Å²) < 4.78 is 1.92. The van der Waals surface area contributed by atoms with E-state index in [9.17, 15) is 19.7 Å². The van der Waals surface area contributed by atoms with Gasteiger partial charge in [0, 0.05) is 29.2 Å². The Bertz CT molecular complexity index is 1110. The molecule has 2 amide bonds. The lowest BCUT2D eigenvalue weighted by atomic mass is 10.2. The number of carbonyl (C=O) groups is 2. The molecule has 0 saturated heterocycles. The number of hydrazine groups is 1. The zero-order chi connectivity index (χ0) is 21.1.